The molecule has 2 heteroatoms. The van der Waals surface area contributed by atoms with E-state index in [1.807, 2.05) is 13.8 Å². The molecular formula is C10H20FN. The zero-order valence-corrected chi connectivity index (χ0v) is 8.44. The standard InChI is InChI=1S/C10H20FN/c1-9-4-6-12(7-5-9)10(2,3)8-11/h9H,4-8H2,1-3H3. The maximum absolute atomic E-state index is 12.6. The first-order valence-electron chi connectivity index (χ1n) is 4.87. The van der Waals surface area contributed by atoms with Gasteiger partial charge in [-0.3, -0.25) is 4.90 Å². The average molecular weight is 173 g/mol. The summed E-state index contributed by atoms with van der Waals surface area (Å²) in [5.41, 5.74) is -0.236. The predicted molar refractivity (Wildman–Crippen MR) is 50.0 cm³/mol. The molecule has 0 aliphatic carbocycles. The van der Waals surface area contributed by atoms with Crippen LogP contribution in [-0.4, -0.2) is 30.2 Å². The minimum absolute atomic E-state index is 0.235. The van der Waals surface area contributed by atoms with Crippen LogP contribution < -0.4 is 0 Å². The van der Waals surface area contributed by atoms with Crippen LogP contribution in [0.4, 0.5) is 4.39 Å². The van der Waals surface area contributed by atoms with Crippen molar-refractivity contribution in [1.82, 2.24) is 4.90 Å². The Morgan fingerprint density at radius 2 is 1.83 bits per heavy atom. The van der Waals surface area contributed by atoms with Gasteiger partial charge in [0.1, 0.15) is 6.67 Å². The molecule has 1 heterocycles. The molecule has 1 nitrogen and oxygen atoms in total. The summed E-state index contributed by atoms with van der Waals surface area (Å²) < 4.78 is 12.6. The summed E-state index contributed by atoms with van der Waals surface area (Å²) in [6.45, 7) is 8.16. The quantitative estimate of drug-likeness (QED) is 0.620. The van der Waals surface area contributed by atoms with Crippen molar-refractivity contribution in [1.29, 1.82) is 0 Å². The fourth-order valence-corrected chi connectivity index (χ4v) is 1.70. The summed E-state index contributed by atoms with van der Waals surface area (Å²) in [4.78, 5) is 2.27. The van der Waals surface area contributed by atoms with Crippen LogP contribution >= 0.6 is 0 Å². The highest BCUT2D eigenvalue weighted by Crippen LogP contribution is 2.23. The molecule has 72 valence electrons. The van der Waals surface area contributed by atoms with E-state index in [2.05, 4.69) is 11.8 Å². The summed E-state index contributed by atoms with van der Waals surface area (Å²) in [5.74, 6) is 0.830. The van der Waals surface area contributed by atoms with Gasteiger partial charge in [-0.2, -0.15) is 0 Å². The number of nitrogens with zero attached hydrogens (tertiary/aromatic N) is 1. The Labute approximate surface area is 74.9 Å². The third kappa shape index (κ3) is 2.19. The Kier molecular flexibility index (Phi) is 3.10. The van der Waals surface area contributed by atoms with Gasteiger partial charge in [-0.05, 0) is 45.7 Å². The van der Waals surface area contributed by atoms with E-state index in [1.165, 1.54) is 12.8 Å². The van der Waals surface area contributed by atoms with Gasteiger partial charge in [-0.25, -0.2) is 4.39 Å². The molecule has 0 unspecified atom stereocenters. The van der Waals surface area contributed by atoms with Crippen LogP contribution in [0.1, 0.15) is 33.6 Å². The normalized spacial score (nSPS) is 23.0. The zero-order valence-electron chi connectivity index (χ0n) is 8.44. The largest absolute Gasteiger partial charge is 0.296 e. The van der Waals surface area contributed by atoms with Crippen molar-refractivity contribution < 1.29 is 4.39 Å². The van der Waals surface area contributed by atoms with E-state index >= 15 is 0 Å². The molecule has 1 rings (SSSR count). The van der Waals surface area contributed by atoms with Crippen LogP contribution in [0.3, 0.4) is 0 Å². The van der Waals surface area contributed by atoms with Crippen molar-refractivity contribution in [3.05, 3.63) is 0 Å². The highest BCUT2D eigenvalue weighted by atomic mass is 19.1. The molecule has 0 aromatic heterocycles. The number of alkyl halides is 1. The second-order valence-electron chi connectivity index (χ2n) is 4.62. The van der Waals surface area contributed by atoms with E-state index in [9.17, 15) is 4.39 Å². The summed E-state index contributed by atoms with van der Waals surface area (Å²) in [5, 5.41) is 0. The minimum atomic E-state index is -0.236. The Balaban J connectivity index is 2.44. The first kappa shape index (κ1) is 9.97. The molecule has 1 aliphatic heterocycles. The van der Waals surface area contributed by atoms with Gasteiger partial charge >= 0.3 is 0 Å². The molecular weight excluding hydrogens is 153 g/mol. The molecule has 0 aromatic rings. The molecule has 0 N–H and O–H groups in total. The Hall–Kier alpha value is -0.110. The Morgan fingerprint density at radius 1 is 1.33 bits per heavy atom. The molecule has 12 heavy (non-hydrogen) atoms. The fourth-order valence-electron chi connectivity index (χ4n) is 1.70. The Morgan fingerprint density at radius 3 is 2.25 bits per heavy atom. The molecule has 0 spiro atoms. The van der Waals surface area contributed by atoms with Crippen LogP contribution in [-0.2, 0) is 0 Å². The van der Waals surface area contributed by atoms with Crippen molar-refractivity contribution in [3.63, 3.8) is 0 Å². The van der Waals surface area contributed by atoms with Crippen molar-refractivity contribution in [2.45, 2.75) is 39.2 Å². The predicted octanol–water partition coefficient (Wildman–Crippen LogP) is 2.47. The van der Waals surface area contributed by atoms with Gasteiger partial charge in [0.15, 0.2) is 0 Å². The second kappa shape index (κ2) is 3.73. The van der Waals surface area contributed by atoms with Gasteiger partial charge in [-0.15, -0.1) is 0 Å². The monoisotopic (exact) mass is 173 g/mol. The summed E-state index contributed by atoms with van der Waals surface area (Å²) >= 11 is 0. The first-order chi connectivity index (χ1) is 5.56. The van der Waals surface area contributed by atoms with Gasteiger partial charge in [0.2, 0.25) is 0 Å². The highest BCUT2D eigenvalue weighted by Gasteiger charge is 2.29. The maximum Gasteiger partial charge on any atom is 0.107 e. The summed E-state index contributed by atoms with van der Waals surface area (Å²) in [6.07, 6.45) is 2.45. The van der Waals surface area contributed by atoms with Crippen molar-refractivity contribution >= 4 is 0 Å². The molecule has 0 saturated carbocycles. The van der Waals surface area contributed by atoms with E-state index in [4.69, 9.17) is 0 Å². The molecule has 0 aromatic carbocycles. The molecule has 0 bridgehead atoms. The molecule has 1 saturated heterocycles. The molecule has 1 aliphatic rings. The van der Waals surface area contributed by atoms with Crippen LogP contribution in [0.5, 0.6) is 0 Å². The topological polar surface area (TPSA) is 3.24 Å². The van der Waals surface area contributed by atoms with E-state index < -0.39 is 0 Å². The number of piperidine rings is 1. The molecule has 0 amide bonds. The summed E-state index contributed by atoms with van der Waals surface area (Å²) in [6, 6.07) is 0. The third-order valence-electron chi connectivity index (χ3n) is 2.97. The van der Waals surface area contributed by atoms with Crippen LogP contribution in [0.15, 0.2) is 0 Å². The molecule has 0 radical (unpaired) electrons. The molecule has 1 fully saturated rings. The number of hydrogen-bond donors (Lipinski definition) is 0. The number of rotatable bonds is 2. The lowest BCUT2D eigenvalue weighted by Gasteiger charge is -2.40. The minimum Gasteiger partial charge on any atom is -0.296 e. The van der Waals surface area contributed by atoms with Crippen LogP contribution in [0.2, 0.25) is 0 Å². The lowest BCUT2D eigenvalue weighted by Crippen LogP contribution is -2.49. The Bertz CT molecular complexity index is 137. The molecule has 0 atom stereocenters. The van der Waals surface area contributed by atoms with E-state index in [-0.39, 0.29) is 12.2 Å². The van der Waals surface area contributed by atoms with Gasteiger partial charge in [-0.1, -0.05) is 6.92 Å². The smallest absolute Gasteiger partial charge is 0.107 e. The lowest BCUT2D eigenvalue weighted by atomic mass is 9.94. The number of hydrogen-bond acceptors (Lipinski definition) is 1. The van der Waals surface area contributed by atoms with Crippen LogP contribution in [0, 0.1) is 5.92 Å². The number of halogens is 1. The first-order valence-corrected chi connectivity index (χ1v) is 4.87. The van der Waals surface area contributed by atoms with Crippen molar-refractivity contribution in [3.8, 4) is 0 Å². The zero-order chi connectivity index (χ0) is 9.19. The van der Waals surface area contributed by atoms with Crippen molar-refractivity contribution in [2.75, 3.05) is 19.8 Å². The van der Waals surface area contributed by atoms with E-state index in [1.54, 1.807) is 0 Å². The van der Waals surface area contributed by atoms with E-state index in [0.29, 0.717) is 0 Å². The van der Waals surface area contributed by atoms with Crippen LogP contribution in [0.25, 0.3) is 0 Å². The fraction of sp³-hybridized carbons (Fsp3) is 1.00. The van der Waals surface area contributed by atoms with Crippen molar-refractivity contribution in [2.24, 2.45) is 5.92 Å². The van der Waals surface area contributed by atoms with Gasteiger partial charge in [0.25, 0.3) is 0 Å². The second-order valence-corrected chi connectivity index (χ2v) is 4.62. The highest BCUT2D eigenvalue weighted by molar-refractivity contribution is 4.83. The van der Waals surface area contributed by atoms with E-state index in [0.717, 1.165) is 19.0 Å². The van der Waals surface area contributed by atoms with Gasteiger partial charge in [0, 0.05) is 5.54 Å². The maximum atomic E-state index is 12.6. The lowest BCUT2D eigenvalue weighted by molar-refractivity contribution is 0.0586. The van der Waals surface area contributed by atoms with Gasteiger partial charge < -0.3 is 0 Å². The summed E-state index contributed by atoms with van der Waals surface area (Å²) in [7, 11) is 0. The SMILES string of the molecule is CC1CCN(C(C)(C)CF)CC1. The number of likely N-dealkylation sites (tertiary alicyclic amines) is 1. The van der Waals surface area contributed by atoms with Gasteiger partial charge in [0.05, 0.1) is 0 Å². The average Bonchev–Trinajstić information content (AvgIpc) is 2.05. The third-order valence-corrected chi connectivity index (χ3v) is 2.97.